The van der Waals surface area contributed by atoms with Gasteiger partial charge < -0.3 is 10.2 Å². The molecule has 2 aromatic heterocycles. The topological polar surface area (TPSA) is 88.4 Å². The maximum Gasteiger partial charge on any atom is 0.271 e. The smallest absolute Gasteiger partial charge is 0.271 e. The molecule has 26 heavy (non-hydrogen) atoms. The molecule has 130 valence electrons. The number of carbonyl (C=O) groups is 1. The molecule has 0 radical (unpaired) electrons. The van der Waals surface area contributed by atoms with Crippen molar-refractivity contribution in [3.8, 4) is 0 Å². The number of anilines is 1. The molecule has 8 heteroatoms. The SMILES string of the molecule is O=C1c2cccnc2C(Nc2cccc([N+](=O)[O-])c2)N1Cc1cccs1. The van der Waals surface area contributed by atoms with Gasteiger partial charge in [0.05, 0.1) is 22.7 Å². The van der Waals surface area contributed by atoms with Crippen molar-refractivity contribution in [2.24, 2.45) is 0 Å². The van der Waals surface area contributed by atoms with Gasteiger partial charge in [-0.25, -0.2) is 0 Å². The van der Waals surface area contributed by atoms with Crippen molar-refractivity contribution in [2.45, 2.75) is 12.7 Å². The van der Waals surface area contributed by atoms with E-state index in [4.69, 9.17) is 0 Å². The van der Waals surface area contributed by atoms with Gasteiger partial charge in [-0.3, -0.25) is 19.9 Å². The molecule has 0 saturated heterocycles. The summed E-state index contributed by atoms with van der Waals surface area (Å²) in [7, 11) is 0. The Bertz CT molecular complexity index is 974. The Morgan fingerprint density at radius 3 is 2.88 bits per heavy atom. The number of non-ortho nitro benzene ring substituents is 1. The van der Waals surface area contributed by atoms with E-state index in [1.54, 1.807) is 46.7 Å². The van der Waals surface area contributed by atoms with E-state index in [1.165, 1.54) is 12.1 Å². The van der Waals surface area contributed by atoms with Crippen LogP contribution in [0.1, 0.15) is 27.1 Å². The number of fused-ring (bicyclic) bond motifs is 1. The average molecular weight is 366 g/mol. The zero-order valence-corrected chi connectivity index (χ0v) is 14.3. The van der Waals surface area contributed by atoms with Crippen LogP contribution in [-0.4, -0.2) is 20.7 Å². The van der Waals surface area contributed by atoms with Gasteiger partial charge in [-0.05, 0) is 29.6 Å². The Labute approximate surface area is 153 Å². The van der Waals surface area contributed by atoms with E-state index in [1.807, 2.05) is 17.5 Å². The molecule has 3 heterocycles. The number of carbonyl (C=O) groups excluding carboxylic acids is 1. The third-order valence-corrected chi connectivity index (χ3v) is 5.03. The van der Waals surface area contributed by atoms with Crippen molar-refractivity contribution < 1.29 is 9.72 Å². The molecule has 4 rings (SSSR count). The molecule has 0 saturated carbocycles. The van der Waals surface area contributed by atoms with Crippen LogP contribution in [0.2, 0.25) is 0 Å². The lowest BCUT2D eigenvalue weighted by Gasteiger charge is -2.26. The Morgan fingerprint density at radius 2 is 2.12 bits per heavy atom. The van der Waals surface area contributed by atoms with Crippen LogP contribution in [0.15, 0.2) is 60.1 Å². The number of nitrogens with one attached hydrogen (secondary N) is 1. The zero-order valence-electron chi connectivity index (χ0n) is 13.5. The number of pyridine rings is 1. The van der Waals surface area contributed by atoms with E-state index in [9.17, 15) is 14.9 Å². The normalized spacial score (nSPS) is 15.8. The van der Waals surface area contributed by atoms with Gasteiger partial charge in [0.25, 0.3) is 11.6 Å². The second-order valence-electron chi connectivity index (χ2n) is 5.80. The molecule has 1 aliphatic heterocycles. The number of nitro benzene ring substituents is 1. The zero-order chi connectivity index (χ0) is 18.1. The fourth-order valence-corrected chi connectivity index (χ4v) is 3.69. The molecule has 0 fully saturated rings. The minimum atomic E-state index is -0.484. The van der Waals surface area contributed by atoms with E-state index in [0.29, 0.717) is 23.5 Å². The van der Waals surface area contributed by atoms with E-state index in [2.05, 4.69) is 10.3 Å². The first-order valence-corrected chi connectivity index (χ1v) is 8.81. The van der Waals surface area contributed by atoms with Crippen molar-refractivity contribution in [3.63, 3.8) is 0 Å². The predicted octanol–water partition coefficient (Wildman–Crippen LogP) is 3.82. The molecule has 7 nitrogen and oxygen atoms in total. The average Bonchev–Trinajstić information content (AvgIpc) is 3.25. The molecule has 1 aliphatic rings. The van der Waals surface area contributed by atoms with E-state index >= 15 is 0 Å². The maximum absolute atomic E-state index is 12.8. The van der Waals surface area contributed by atoms with Crippen LogP contribution < -0.4 is 5.32 Å². The van der Waals surface area contributed by atoms with E-state index < -0.39 is 11.1 Å². The summed E-state index contributed by atoms with van der Waals surface area (Å²) >= 11 is 1.57. The van der Waals surface area contributed by atoms with Crippen molar-refractivity contribution in [2.75, 3.05) is 5.32 Å². The summed E-state index contributed by atoms with van der Waals surface area (Å²) in [6.07, 6.45) is 1.16. The van der Waals surface area contributed by atoms with Gasteiger partial charge in [-0.2, -0.15) is 0 Å². The van der Waals surface area contributed by atoms with Gasteiger partial charge in [-0.15, -0.1) is 11.3 Å². The van der Waals surface area contributed by atoms with Crippen molar-refractivity contribution in [1.29, 1.82) is 0 Å². The number of aromatic nitrogens is 1. The molecule has 3 aromatic rings. The number of amides is 1. The summed E-state index contributed by atoms with van der Waals surface area (Å²) in [5.74, 6) is -0.107. The minimum absolute atomic E-state index is 0.00891. The number of benzene rings is 1. The van der Waals surface area contributed by atoms with Gasteiger partial charge >= 0.3 is 0 Å². The number of hydrogen-bond acceptors (Lipinski definition) is 6. The highest BCUT2D eigenvalue weighted by Gasteiger charge is 2.38. The molecule has 0 bridgehead atoms. The van der Waals surface area contributed by atoms with Crippen LogP contribution in [0.3, 0.4) is 0 Å². The third-order valence-electron chi connectivity index (χ3n) is 4.17. The first kappa shape index (κ1) is 16.2. The van der Waals surface area contributed by atoms with Crippen LogP contribution in [0, 0.1) is 10.1 Å². The highest BCUT2D eigenvalue weighted by Crippen LogP contribution is 2.35. The molecule has 1 aromatic carbocycles. The van der Waals surface area contributed by atoms with Crippen molar-refractivity contribution >= 4 is 28.6 Å². The summed E-state index contributed by atoms with van der Waals surface area (Å²) in [5, 5.41) is 16.2. The fraction of sp³-hybridized carbons (Fsp3) is 0.111. The molecular weight excluding hydrogens is 352 g/mol. The lowest BCUT2D eigenvalue weighted by molar-refractivity contribution is -0.384. The molecule has 1 amide bonds. The molecule has 1 atom stereocenters. The first-order chi connectivity index (χ1) is 12.6. The third kappa shape index (κ3) is 2.91. The minimum Gasteiger partial charge on any atom is -0.360 e. The van der Waals surface area contributed by atoms with E-state index in [0.717, 1.165) is 4.88 Å². The van der Waals surface area contributed by atoms with Crippen molar-refractivity contribution in [1.82, 2.24) is 9.88 Å². The summed E-state index contributed by atoms with van der Waals surface area (Å²) in [4.78, 5) is 30.5. The molecule has 0 aliphatic carbocycles. The lowest BCUT2D eigenvalue weighted by atomic mass is 10.2. The summed E-state index contributed by atoms with van der Waals surface area (Å²) < 4.78 is 0. The molecule has 1 N–H and O–H groups in total. The lowest BCUT2D eigenvalue weighted by Crippen LogP contribution is -2.31. The second kappa shape index (κ2) is 6.57. The number of nitro groups is 1. The first-order valence-electron chi connectivity index (χ1n) is 7.93. The van der Waals surface area contributed by atoms with Crippen LogP contribution >= 0.6 is 11.3 Å². The van der Waals surface area contributed by atoms with Gasteiger partial charge in [0.1, 0.15) is 6.17 Å². The Hall–Kier alpha value is -3.26. The van der Waals surface area contributed by atoms with Crippen LogP contribution in [0.4, 0.5) is 11.4 Å². The van der Waals surface area contributed by atoms with Gasteiger partial charge in [0, 0.05) is 28.9 Å². The summed E-state index contributed by atoms with van der Waals surface area (Å²) in [6.45, 7) is 0.444. The second-order valence-corrected chi connectivity index (χ2v) is 6.84. The number of nitrogens with zero attached hydrogens (tertiary/aromatic N) is 3. The molecular formula is C18H14N4O3S. The maximum atomic E-state index is 12.8. The number of rotatable bonds is 5. The van der Waals surface area contributed by atoms with Crippen LogP contribution in [0.25, 0.3) is 0 Å². The Balaban J connectivity index is 1.69. The largest absolute Gasteiger partial charge is 0.360 e. The highest BCUT2D eigenvalue weighted by atomic mass is 32.1. The monoisotopic (exact) mass is 366 g/mol. The number of thiophene rings is 1. The Morgan fingerprint density at radius 1 is 1.23 bits per heavy atom. The van der Waals surface area contributed by atoms with Crippen LogP contribution in [-0.2, 0) is 6.54 Å². The highest BCUT2D eigenvalue weighted by molar-refractivity contribution is 7.09. The quantitative estimate of drug-likeness (QED) is 0.548. The van der Waals surface area contributed by atoms with E-state index in [-0.39, 0.29) is 11.6 Å². The fourth-order valence-electron chi connectivity index (χ4n) is 2.98. The van der Waals surface area contributed by atoms with Crippen LogP contribution in [0.5, 0.6) is 0 Å². The summed E-state index contributed by atoms with van der Waals surface area (Å²) in [5.41, 5.74) is 1.73. The molecule has 1 unspecified atom stereocenters. The molecule has 0 spiro atoms. The number of hydrogen-bond donors (Lipinski definition) is 1. The van der Waals surface area contributed by atoms with Gasteiger partial charge in [0.2, 0.25) is 0 Å². The summed E-state index contributed by atoms with van der Waals surface area (Å²) in [6, 6.07) is 13.6. The predicted molar refractivity (Wildman–Crippen MR) is 97.9 cm³/mol. The van der Waals surface area contributed by atoms with Crippen molar-refractivity contribution in [3.05, 3.63) is 86.4 Å². The standard InChI is InChI=1S/C18H14N4O3S/c23-18-15-7-2-8-19-16(15)17(21(18)11-14-6-3-9-26-14)20-12-4-1-5-13(10-12)22(24)25/h1-10,17,20H,11H2. The van der Waals surface area contributed by atoms with Gasteiger partial charge in [-0.1, -0.05) is 12.1 Å². The van der Waals surface area contributed by atoms with Gasteiger partial charge in [0.15, 0.2) is 0 Å². The Kier molecular flexibility index (Phi) is 4.10.